The highest BCUT2D eigenvalue weighted by atomic mass is 32.2. The molecule has 1 heterocycles. The zero-order chi connectivity index (χ0) is 14.8. The highest BCUT2D eigenvalue weighted by molar-refractivity contribution is 7.89. The maximum Gasteiger partial charge on any atom is 0.238 e. The van der Waals surface area contributed by atoms with Gasteiger partial charge in [-0.25, -0.2) is 13.6 Å². The summed E-state index contributed by atoms with van der Waals surface area (Å²) in [6, 6.07) is 5.91. The summed E-state index contributed by atoms with van der Waals surface area (Å²) in [4.78, 5) is 12.0. The summed E-state index contributed by atoms with van der Waals surface area (Å²) < 4.78 is 22.3. The Balaban J connectivity index is 2.02. The van der Waals surface area contributed by atoms with Crippen LogP contribution >= 0.6 is 0 Å². The van der Waals surface area contributed by atoms with E-state index in [4.69, 9.17) is 5.14 Å². The minimum absolute atomic E-state index is 0.0227. The van der Waals surface area contributed by atoms with Crippen molar-refractivity contribution in [2.24, 2.45) is 5.14 Å². The third kappa shape index (κ3) is 3.56. The van der Waals surface area contributed by atoms with Gasteiger partial charge in [-0.1, -0.05) is 12.1 Å². The molecule has 1 saturated heterocycles. The van der Waals surface area contributed by atoms with Crippen LogP contribution in [0.3, 0.4) is 0 Å². The van der Waals surface area contributed by atoms with Gasteiger partial charge in [0.2, 0.25) is 15.9 Å². The van der Waals surface area contributed by atoms with E-state index >= 15 is 0 Å². The molecule has 0 aromatic heterocycles. The van der Waals surface area contributed by atoms with E-state index in [0.29, 0.717) is 0 Å². The fourth-order valence-electron chi connectivity index (χ4n) is 2.25. The van der Waals surface area contributed by atoms with Gasteiger partial charge in [0.15, 0.2) is 0 Å². The molecule has 0 saturated carbocycles. The zero-order valence-electron chi connectivity index (χ0n) is 11.3. The summed E-state index contributed by atoms with van der Waals surface area (Å²) in [6.45, 7) is 2.73. The van der Waals surface area contributed by atoms with Crippen LogP contribution in [0.5, 0.6) is 0 Å². The molecule has 1 amide bonds. The van der Waals surface area contributed by atoms with Gasteiger partial charge in [0.05, 0.1) is 17.0 Å². The highest BCUT2D eigenvalue weighted by Gasteiger charge is 2.23. The van der Waals surface area contributed by atoms with Gasteiger partial charge in [-0.2, -0.15) is 0 Å². The second-order valence-corrected chi connectivity index (χ2v) is 6.55. The third-order valence-corrected chi connectivity index (χ3v) is 4.37. The molecule has 7 heteroatoms. The largest absolute Gasteiger partial charge is 0.348 e. The quantitative estimate of drug-likeness (QED) is 0.742. The maximum atomic E-state index is 12.0. The molecule has 0 radical (unpaired) electrons. The van der Waals surface area contributed by atoms with Crippen molar-refractivity contribution in [2.45, 2.75) is 36.7 Å². The van der Waals surface area contributed by atoms with Crippen molar-refractivity contribution in [3.63, 3.8) is 0 Å². The Morgan fingerprint density at radius 3 is 2.55 bits per heavy atom. The lowest BCUT2D eigenvalue weighted by atomic mass is 10.1. The Hall–Kier alpha value is -1.44. The number of carbonyl (C=O) groups excluding carboxylic acids is 1. The summed E-state index contributed by atoms with van der Waals surface area (Å²) in [5.41, 5.74) is 0.837. The minimum Gasteiger partial charge on any atom is -0.348 e. The number of benzene rings is 1. The highest BCUT2D eigenvalue weighted by Crippen LogP contribution is 2.16. The number of primary sulfonamides is 1. The van der Waals surface area contributed by atoms with Crippen LogP contribution in [0.1, 0.15) is 31.4 Å². The predicted octanol–water partition coefficient (Wildman–Crippen LogP) is 0.263. The summed E-state index contributed by atoms with van der Waals surface area (Å²) in [5.74, 6) is -0.0227. The average molecular weight is 297 g/mol. The van der Waals surface area contributed by atoms with E-state index in [1.165, 1.54) is 12.1 Å². The van der Waals surface area contributed by atoms with E-state index in [1.807, 2.05) is 6.92 Å². The van der Waals surface area contributed by atoms with E-state index in [1.54, 1.807) is 12.1 Å². The second kappa shape index (κ2) is 5.90. The molecular formula is C13H19N3O3S. The Morgan fingerprint density at radius 1 is 1.40 bits per heavy atom. The zero-order valence-corrected chi connectivity index (χ0v) is 12.1. The van der Waals surface area contributed by atoms with E-state index in [-0.39, 0.29) is 22.9 Å². The van der Waals surface area contributed by atoms with Crippen LogP contribution in [0.25, 0.3) is 0 Å². The number of hydrogen-bond acceptors (Lipinski definition) is 4. The van der Waals surface area contributed by atoms with Gasteiger partial charge >= 0.3 is 0 Å². The van der Waals surface area contributed by atoms with Gasteiger partial charge in [-0.05, 0) is 44.0 Å². The Bertz CT molecular complexity index is 577. The molecule has 1 aromatic rings. The van der Waals surface area contributed by atoms with Crippen LogP contribution in [0.15, 0.2) is 29.2 Å². The first-order chi connectivity index (χ1) is 9.38. The average Bonchev–Trinajstić information content (AvgIpc) is 2.91. The molecule has 0 spiro atoms. The molecule has 2 atom stereocenters. The van der Waals surface area contributed by atoms with Gasteiger partial charge in [0.25, 0.3) is 0 Å². The van der Waals surface area contributed by atoms with Gasteiger partial charge in [-0.3, -0.25) is 4.79 Å². The van der Waals surface area contributed by atoms with Gasteiger partial charge in [0.1, 0.15) is 0 Å². The lowest BCUT2D eigenvalue weighted by molar-refractivity contribution is -0.123. The van der Waals surface area contributed by atoms with Crippen molar-refractivity contribution in [3.8, 4) is 0 Å². The number of hydrogen-bond donors (Lipinski definition) is 3. The minimum atomic E-state index is -3.68. The predicted molar refractivity (Wildman–Crippen MR) is 75.4 cm³/mol. The molecule has 0 aliphatic carbocycles. The standard InChI is InChI=1S/C13H19N3O3S/c1-9(16-13(17)12-3-2-8-15-12)10-4-6-11(7-5-10)20(14,18)19/h4-7,9,12,15H,2-3,8H2,1H3,(H,16,17)(H2,14,18,19)/t9?,12-/m0/s1. The molecule has 6 nitrogen and oxygen atoms in total. The monoisotopic (exact) mass is 297 g/mol. The smallest absolute Gasteiger partial charge is 0.238 e. The van der Waals surface area contributed by atoms with Crippen LogP contribution in [0.4, 0.5) is 0 Å². The molecule has 1 aliphatic heterocycles. The van der Waals surface area contributed by atoms with Gasteiger partial charge in [-0.15, -0.1) is 0 Å². The maximum absolute atomic E-state index is 12.0. The Labute approximate surface area is 118 Å². The van der Waals surface area contributed by atoms with Crippen LogP contribution < -0.4 is 15.8 Å². The van der Waals surface area contributed by atoms with Crippen molar-refractivity contribution < 1.29 is 13.2 Å². The van der Waals surface area contributed by atoms with Crippen LogP contribution in [-0.4, -0.2) is 26.9 Å². The molecule has 1 aromatic carbocycles. The molecule has 1 aliphatic rings. The van der Waals surface area contributed by atoms with E-state index < -0.39 is 10.0 Å². The molecule has 20 heavy (non-hydrogen) atoms. The fourth-order valence-corrected chi connectivity index (χ4v) is 2.77. The number of rotatable bonds is 4. The summed E-state index contributed by atoms with van der Waals surface area (Å²) in [6.07, 6.45) is 1.86. The lowest BCUT2D eigenvalue weighted by Crippen LogP contribution is -2.41. The fraction of sp³-hybridized carbons (Fsp3) is 0.462. The molecule has 4 N–H and O–H groups in total. The van der Waals surface area contributed by atoms with Crippen LogP contribution in [0, 0.1) is 0 Å². The van der Waals surface area contributed by atoms with Crippen molar-refractivity contribution in [2.75, 3.05) is 6.54 Å². The van der Waals surface area contributed by atoms with Crippen molar-refractivity contribution in [1.82, 2.24) is 10.6 Å². The van der Waals surface area contributed by atoms with Crippen molar-refractivity contribution in [3.05, 3.63) is 29.8 Å². The summed E-state index contributed by atoms with van der Waals surface area (Å²) >= 11 is 0. The first-order valence-electron chi connectivity index (χ1n) is 6.54. The van der Waals surface area contributed by atoms with E-state index in [9.17, 15) is 13.2 Å². The molecule has 0 bridgehead atoms. The van der Waals surface area contributed by atoms with Gasteiger partial charge in [0, 0.05) is 0 Å². The number of carbonyl (C=O) groups is 1. The number of nitrogens with one attached hydrogen (secondary N) is 2. The van der Waals surface area contributed by atoms with Crippen LogP contribution in [0.2, 0.25) is 0 Å². The third-order valence-electron chi connectivity index (χ3n) is 3.44. The topological polar surface area (TPSA) is 101 Å². The SMILES string of the molecule is CC(NC(=O)[C@@H]1CCCN1)c1ccc(S(N)(=O)=O)cc1. The van der Waals surface area contributed by atoms with Crippen molar-refractivity contribution >= 4 is 15.9 Å². The molecule has 1 fully saturated rings. The van der Waals surface area contributed by atoms with E-state index in [0.717, 1.165) is 24.9 Å². The van der Waals surface area contributed by atoms with Crippen LogP contribution in [-0.2, 0) is 14.8 Å². The Morgan fingerprint density at radius 2 is 2.05 bits per heavy atom. The first-order valence-corrected chi connectivity index (χ1v) is 8.09. The first kappa shape index (κ1) is 15.0. The van der Waals surface area contributed by atoms with Crippen molar-refractivity contribution in [1.29, 1.82) is 0 Å². The van der Waals surface area contributed by atoms with E-state index in [2.05, 4.69) is 10.6 Å². The molecule has 110 valence electrons. The summed E-state index contributed by atoms with van der Waals surface area (Å²) in [7, 11) is -3.68. The molecular weight excluding hydrogens is 278 g/mol. The number of sulfonamides is 1. The second-order valence-electron chi connectivity index (χ2n) is 4.99. The number of nitrogens with two attached hydrogens (primary N) is 1. The van der Waals surface area contributed by atoms with Gasteiger partial charge < -0.3 is 10.6 Å². The molecule has 1 unspecified atom stereocenters. The Kier molecular flexibility index (Phi) is 4.42. The lowest BCUT2D eigenvalue weighted by Gasteiger charge is -2.17. The number of amides is 1. The molecule has 2 rings (SSSR count). The normalized spacial score (nSPS) is 20.6. The summed E-state index contributed by atoms with van der Waals surface area (Å²) in [5, 5.41) is 11.1.